The normalized spacial score (nSPS) is 23.3. The van der Waals surface area contributed by atoms with Crippen molar-refractivity contribution >= 4 is 182 Å². The molecule has 14 aliphatic rings. The number of halogens is 1. The predicted molar refractivity (Wildman–Crippen MR) is 474 cm³/mol. The first-order valence-electron chi connectivity index (χ1n) is 43.7. The molecular formula is C94H80ClN13O34. The van der Waals surface area contributed by atoms with Gasteiger partial charge in [-0.15, -0.1) is 0 Å². The second-order valence-electron chi connectivity index (χ2n) is 34.7. The van der Waals surface area contributed by atoms with Gasteiger partial charge in [0.25, 0.3) is 64.5 Å². The molecule has 47 nitrogen and oxygen atoms in total. The molecule has 0 bridgehead atoms. The van der Waals surface area contributed by atoms with Crippen LogP contribution in [0.4, 0.5) is 34.1 Å². The van der Waals surface area contributed by atoms with E-state index in [-0.39, 0.29) is 195 Å². The van der Waals surface area contributed by atoms with Crippen LogP contribution in [0.2, 0.25) is 5.02 Å². The van der Waals surface area contributed by atoms with E-state index in [9.17, 15) is 131 Å². The summed E-state index contributed by atoms with van der Waals surface area (Å²) >= 11 is 6.05. The highest BCUT2D eigenvalue weighted by atomic mass is 35.5. The zero-order valence-corrected chi connectivity index (χ0v) is 75.7. The maximum absolute atomic E-state index is 12.5. The molecule has 0 aromatic heterocycles. The summed E-state index contributed by atoms with van der Waals surface area (Å²) in [5, 5.41) is 22.6. The molecule has 732 valence electrons. The van der Waals surface area contributed by atoms with Crippen molar-refractivity contribution in [3.63, 3.8) is 0 Å². The summed E-state index contributed by atoms with van der Waals surface area (Å²) in [6.45, 7) is 5.31. The lowest BCUT2D eigenvalue weighted by Gasteiger charge is -2.38. The van der Waals surface area contributed by atoms with Crippen LogP contribution in [0.5, 0.6) is 0 Å². The summed E-state index contributed by atoms with van der Waals surface area (Å²) in [7, 11) is 0. The highest BCUT2D eigenvalue weighted by molar-refractivity contribution is 6.32. The van der Waals surface area contributed by atoms with Crippen molar-refractivity contribution in [2.45, 2.75) is 184 Å². The first-order chi connectivity index (χ1) is 67.3. The lowest BCUT2D eigenvalue weighted by atomic mass is 9.91. The van der Waals surface area contributed by atoms with Gasteiger partial charge in [0.15, 0.2) is 0 Å². The number of nitro benzene ring substituents is 2. The van der Waals surface area contributed by atoms with Gasteiger partial charge < -0.3 is 80.6 Å². The van der Waals surface area contributed by atoms with Crippen LogP contribution in [0.3, 0.4) is 0 Å². The van der Waals surface area contributed by atoms with E-state index in [0.717, 1.165) is 26.5 Å². The third-order valence-electron chi connectivity index (χ3n) is 26.2. The molecular weight excluding hydrogens is 1890 g/mol. The topological polar surface area (TPSA) is 670 Å². The van der Waals surface area contributed by atoms with Crippen LogP contribution in [0, 0.1) is 20.2 Å². The number of ether oxygens (including phenoxy) is 7. The van der Waals surface area contributed by atoms with E-state index < -0.39 is 170 Å². The molecule has 14 heterocycles. The number of anilines is 4. The zero-order chi connectivity index (χ0) is 103. The molecule has 7 aromatic rings. The van der Waals surface area contributed by atoms with E-state index in [1.54, 1.807) is 73.7 Å². The van der Waals surface area contributed by atoms with Crippen LogP contribution >= 0.6 is 11.6 Å². The molecule has 0 radical (unpaired) electrons. The molecule has 0 saturated carbocycles. The molecule has 21 rings (SSSR count). The lowest BCUT2D eigenvalue weighted by Crippen LogP contribution is -2.58. The number of esters is 14. The molecule has 0 aliphatic carbocycles. The van der Waals surface area contributed by atoms with Gasteiger partial charge in [0.05, 0.1) is 67.4 Å². The molecule has 7 atom stereocenters. The Bertz CT molecular complexity index is 6770. The molecule has 7 saturated heterocycles. The monoisotopic (exact) mass is 1970 g/mol. The molecule has 7 unspecified atom stereocenters. The van der Waals surface area contributed by atoms with Gasteiger partial charge in [0.2, 0.25) is 0 Å². The van der Waals surface area contributed by atoms with Crippen LogP contribution in [0.25, 0.3) is 0 Å². The Hall–Kier alpha value is -17.6. The molecule has 14 aliphatic heterocycles. The Labute approximate surface area is 804 Å². The van der Waals surface area contributed by atoms with Gasteiger partial charge in [-0.1, -0.05) is 54.1 Å². The van der Waals surface area contributed by atoms with Gasteiger partial charge in [-0.25, -0.2) is 33.6 Å². The van der Waals surface area contributed by atoms with Crippen molar-refractivity contribution in [1.82, 2.24) is 34.3 Å². The number of cyclic esters (lactones) is 14. The number of carbonyl (C=O) groups excluding carboxylic acids is 23. The van der Waals surface area contributed by atoms with Crippen LogP contribution in [-0.2, 0) is 133 Å². The number of nitrogens with two attached hydrogens (primary N) is 4. The Kier molecular flexibility index (Phi) is 27.0. The Morgan fingerprint density at radius 2 is 0.592 bits per heavy atom. The quantitative estimate of drug-likeness (QED) is 0.0268. The van der Waals surface area contributed by atoms with E-state index in [2.05, 4.69) is 33.2 Å². The maximum atomic E-state index is 12.5. The maximum Gasteiger partial charge on any atom is 0.339 e. The SMILES string of the molecule is CC1(N2C(=O)c3cccc(N)c3C2=O)CCC(=O)OC1=O.CC1(N2Cc3c(N)cccc3C2=O)CCC(=O)OC1=O.CC1(N2Cc3c(cccc3[N+](=O)[O-])C2=O)CCC(=O)OC1=O.Nc1cccc2c1C(=O)N(C1CCC(=O)OC1=O)C2=O.Nc1cccc2c1CN(C1CCC(=O)OC1=O)C2=O.O=C1CCC(N2Cc3c(Cl)cccc3C2=O)C(=O)O1.O=C1CCC(N2Cc3c(cccc3[N+](=O)[O-])C2=O)C(=O)O1. The summed E-state index contributed by atoms with van der Waals surface area (Å²) in [5.74, 6) is -13.6. The minimum absolute atomic E-state index is 0.0146. The standard InChI is InChI=1S/C14H12N2O6.C14H12N2O5.C14H14N2O4.C13H10ClNO4.C13H10N2O6.C13H10N2O5.C13H12N2O4/c1-14(6-5-11(17)22-13(14)19)15-7-9-8(12(15)18)3-2-4-10(9)16(20)21;1-14(6-5-9(17)21-13(14)20)16-11(18)7-3-2-4-8(15)10(7)12(16)19;1-14(6-5-11(17)20-13(14)19)16-7-9-8(12(16)18)3-2-4-10(9)15;14-9-3-1-2-7-8(9)6-15(12(7)17)10-4-5-11(16)19-13(10)18;16-11-5-4-10(13(18)21-11)14-6-8-7(12(14)17)2-1-3-9(8)15(19)20;14-7-3-1-2-6-10(7)12(18)15(11(6)17)8-4-5-9(16)20-13(8)19;14-9-3-1-2-7-8(9)6-15(12(7)17)10-4-5-11(16)19-13(10)18/h2-4H,5-7H2,1H3;2-4H,5-6,15H2,1H3;2-4H,5-7,15H2,1H3;1-3,10H,4-6H2;1-3,10H,4-6H2;1-3,8H,4-5,14H2;1-3,10H,4-6,14H2. The van der Waals surface area contributed by atoms with Crippen molar-refractivity contribution in [3.05, 3.63) is 231 Å². The summed E-state index contributed by atoms with van der Waals surface area (Å²) in [4.78, 5) is 301. The van der Waals surface area contributed by atoms with Gasteiger partial charge in [0, 0.05) is 138 Å². The number of nitro groups is 2. The highest BCUT2D eigenvalue weighted by Gasteiger charge is 2.57. The van der Waals surface area contributed by atoms with Crippen LogP contribution in [0.15, 0.2) is 127 Å². The van der Waals surface area contributed by atoms with E-state index >= 15 is 0 Å². The zero-order valence-electron chi connectivity index (χ0n) is 75.0. The smallest absolute Gasteiger partial charge is 0.339 e. The molecule has 0 spiro atoms. The third-order valence-corrected chi connectivity index (χ3v) is 26.5. The fourth-order valence-corrected chi connectivity index (χ4v) is 18.5. The van der Waals surface area contributed by atoms with Crippen molar-refractivity contribution in [2.75, 3.05) is 22.9 Å². The second kappa shape index (κ2) is 38.8. The fourth-order valence-electron chi connectivity index (χ4n) is 18.3. The number of rotatable bonds is 9. The van der Waals surface area contributed by atoms with Crippen molar-refractivity contribution < 1.29 is 153 Å². The fraction of sp³-hybridized carbons (Fsp3) is 0.309. The highest BCUT2D eigenvalue weighted by Crippen LogP contribution is 2.44. The Morgan fingerprint density at radius 3 is 0.951 bits per heavy atom. The average Bonchev–Trinajstić information content (AvgIpc) is 1.57. The molecule has 9 amide bonds. The van der Waals surface area contributed by atoms with E-state index in [0.29, 0.717) is 45.9 Å². The lowest BCUT2D eigenvalue weighted by molar-refractivity contribution is -0.385. The van der Waals surface area contributed by atoms with Crippen molar-refractivity contribution in [1.29, 1.82) is 0 Å². The number of hydrogen-bond acceptors (Lipinski definition) is 38. The summed E-state index contributed by atoms with van der Waals surface area (Å²) in [6.07, 6.45) is 1.71. The molecule has 7 fully saturated rings. The number of amides is 9. The van der Waals surface area contributed by atoms with Crippen LogP contribution < -0.4 is 22.9 Å². The summed E-state index contributed by atoms with van der Waals surface area (Å²) < 4.78 is 32.1. The Morgan fingerprint density at radius 1 is 0.303 bits per heavy atom. The van der Waals surface area contributed by atoms with E-state index in [4.69, 9.17) is 34.5 Å². The molecule has 48 heteroatoms. The molecule has 8 N–H and O–H groups in total. The summed E-state index contributed by atoms with van der Waals surface area (Å²) in [5.41, 5.74) is 25.6. The third kappa shape index (κ3) is 18.3. The van der Waals surface area contributed by atoms with Crippen LogP contribution in [0.1, 0.15) is 232 Å². The average molecular weight is 1970 g/mol. The minimum Gasteiger partial charge on any atom is -0.398 e. The number of imide groups is 2. The van der Waals surface area contributed by atoms with E-state index in [1.807, 2.05) is 0 Å². The van der Waals surface area contributed by atoms with Gasteiger partial charge in [-0.2, -0.15) is 0 Å². The first kappa shape index (κ1) is 98.9. The number of benzene rings is 7. The van der Waals surface area contributed by atoms with Crippen molar-refractivity contribution in [3.8, 4) is 0 Å². The number of fused-ring (bicyclic) bond motifs is 7. The molecule has 142 heavy (non-hydrogen) atoms. The van der Waals surface area contributed by atoms with Gasteiger partial charge in [0.1, 0.15) is 40.8 Å². The van der Waals surface area contributed by atoms with Crippen LogP contribution in [-0.4, -0.2) is 222 Å². The number of nitrogens with zero attached hydrogens (tertiary/aromatic N) is 9. The first-order valence-corrected chi connectivity index (χ1v) is 44.0. The largest absolute Gasteiger partial charge is 0.398 e. The Balaban J connectivity index is 0.000000125. The predicted octanol–water partition coefficient (Wildman–Crippen LogP) is 5.37. The van der Waals surface area contributed by atoms with Gasteiger partial charge >= 0.3 is 83.6 Å². The number of hydrogen-bond donors (Lipinski definition) is 4. The minimum atomic E-state index is -1.49. The number of carbonyl (C=O) groups is 23. The van der Waals surface area contributed by atoms with Gasteiger partial charge in [-0.05, 0) is 139 Å². The number of nitrogen functional groups attached to an aromatic ring is 4. The second-order valence-corrected chi connectivity index (χ2v) is 35.1. The van der Waals surface area contributed by atoms with E-state index in [1.165, 1.54) is 99.0 Å². The summed E-state index contributed by atoms with van der Waals surface area (Å²) in [6, 6.07) is 29.6. The molecule has 7 aromatic carbocycles. The van der Waals surface area contributed by atoms with Crippen molar-refractivity contribution in [2.24, 2.45) is 0 Å². The van der Waals surface area contributed by atoms with Gasteiger partial charge in [-0.3, -0.25) is 107 Å².